The molecule has 0 amide bonds. The molecule has 1 fully saturated rings. The molecule has 0 saturated carbocycles. The molecule has 16 nitrogen and oxygen atoms in total. The highest BCUT2D eigenvalue weighted by molar-refractivity contribution is 8.76. The molecule has 660 valence electrons. The van der Waals surface area contributed by atoms with Gasteiger partial charge in [0.05, 0.1) is 51.7 Å². The van der Waals surface area contributed by atoms with Gasteiger partial charge in [0.25, 0.3) is 0 Å². The second-order valence-corrected chi connectivity index (χ2v) is 39.7. The van der Waals surface area contributed by atoms with Crippen LogP contribution < -0.4 is 28.4 Å². The van der Waals surface area contributed by atoms with Crippen LogP contribution in [0.1, 0.15) is 324 Å². The van der Waals surface area contributed by atoms with E-state index in [0.29, 0.717) is 54.0 Å². The molecule has 3 aliphatic heterocycles. The van der Waals surface area contributed by atoms with Gasteiger partial charge >= 0.3 is 35.8 Å². The minimum Gasteiger partial charge on any atom is -0.487 e. The van der Waals surface area contributed by atoms with Crippen molar-refractivity contribution in [2.45, 2.75) is 347 Å². The summed E-state index contributed by atoms with van der Waals surface area (Å²) in [5.41, 5.74) is 8.81. The number of ether oxygens (including phenoxy) is 8. The van der Waals surface area contributed by atoms with E-state index >= 15 is 0 Å². The lowest BCUT2D eigenvalue weighted by atomic mass is 9.83. The summed E-state index contributed by atoms with van der Waals surface area (Å²) in [5, 5.41) is 0. The molecule has 6 atom stereocenters. The van der Waals surface area contributed by atoms with Gasteiger partial charge < -0.3 is 47.7 Å². The number of unbranched alkanes of at least 4 members (excludes halogenated alkanes) is 2. The van der Waals surface area contributed by atoms with E-state index in [9.17, 15) is 28.8 Å². The van der Waals surface area contributed by atoms with Crippen molar-refractivity contribution >= 4 is 57.4 Å². The van der Waals surface area contributed by atoms with Crippen molar-refractivity contribution < 1.29 is 66.7 Å². The molecule has 0 radical (unpaired) electrons. The van der Waals surface area contributed by atoms with Crippen LogP contribution in [0.4, 0.5) is 0 Å². The molecule has 3 heterocycles. The van der Waals surface area contributed by atoms with Gasteiger partial charge in [0.2, 0.25) is 0 Å². The molecule has 3 aliphatic rings. The van der Waals surface area contributed by atoms with Crippen molar-refractivity contribution in [3.63, 3.8) is 0 Å². The van der Waals surface area contributed by atoms with Crippen molar-refractivity contribution in [1.82, 2.24) is 9.80 Å². The molecule has 18 heteroatoms. The predicted molar refractivity (Wildman–Crippen MR) is 483 cm³/mol. The van der Waals surface area contributed by atoms with Crippen LogP contribution in [-0.2, 0) is 63.9 Å². The van der Waals surface area contributed by atoms with Gasteiger partial charge in [-0.2, -0.15) is 0 Å². The third-order valence-electron chi connectivity index (χ3n) is 25.6. The Morgan fingerprint density at radius 1 is 0.449 bits per heavy atom. The Morgan fingerprint density at radius 3 is 1.25 bits per heavy atom. The number of likely N-dealkylation sites (tertiary alicyclic amines) is 1. The lowest BCUT2D eigenvalue weighted by Crippen LogP contribution is -2.37. The number of carbonyl (C=O) groups is 6. The van der Waals surface area contributed by atoms with Crippen LogP contribution in [0.25, 0.3) is 0 Å². The van der Waals surface area contributed by atoms with E-state index in [-0.39, 0.29) is 61.7 Å². The third kappa shape index (κ3) is 35.4. The van der Waals surface area contributed by atoms with E-state index in [2.05, 4.69) is 86.0 Å². The molecule has 1 saturated heterocycles. The smallest absolute Gasteiger partial charge is 0.311 e. The first kappa shape index (κ1) is 99.0. The van der Waals surface area contributed by atoms with Gasteiger partial charge in [0.1, 0.15) is 45.7 Å². The first-order valence-corrected chi connectivity index (χ1v) is 48.5. The minimum atomic E-state index is -0.540. The van der Waals surface area contributed by atoms with Gasteiger partial charge in [0, 0.05) is 35.7 Å². The SMILES string of the molecule is CCN(CCCCCOC(=O)Cc1ccc(OC(=O)CCC(=O)Oc2c(C)c(C)c3c(c2C)CCC(C)(CCCC(C)CCCC(C)CCCC(C)C)O3)cc1)CCSSCCN1CCC(CCOC(=O)Cc2ccc(OC(=O)CCC(=O)Oc3c(C)c(C)c4c(c3C)CCC(C)(CCCC(C)CCCC(C)CCCC(C)C)O4)cc2)CC1. The number of hydrogen-bond acceptors (Lipinski definition) is 18. The van der Waals surface area contributed by atoms with Gasteiger partial charge in [-0.1, -0.05) is 198 Å². The molecule has 4 aromatic carbocycles. The fraction of sp³-hybridized carbons (Fsp3) is 0.700. The van der Waals surface area contributed by atoms with Gasteiger partial charge in [-0.3, -0.25) is 28.8 Å². The van der Waals surface area contributed by atoms with Crippen LogP contribution in [0.15, 0.2) is 48.5 Å². The zero-order valence-electron chi connectivity index (χ0n) is 76.2. The van der Waals surface area contributed by atoms with Crippen molar-refractivity contribution in [3.05, 3.63) is 104 Å². The highest BCUT2D eigenvalue weighted by Crippen LogP contribution is 2.47. The van der Waals surface area contributed by atoms with E-state index in [1.165, 1.54) is 89.9 Å². The van der Waals surface area contributed by atoms with Crippen molar-refractivity contribution in [2.24, 2.45) is 41.4 Å². The second kappa shape index (κ2) is 51.8. The molecule has 0 N–H and O–H groups in total. The lowest BCUT2D eigenvalue weighted by molar-refractivity contribution is -0.144. The fourth-order valence-electron chi connectivity index (χ4n) is 17.2. The number of fused-ring (bicyclic) bond motifs is 2. The summed E-state index contributed by atoms with van der Waals surface area (Å²) in [6.07, 6.45) is 31.9. The highest BCUT2D eigenvalue weighted by Gasteiger charge is 2.37. The Morgan fingerprint density at radius 2 is 0.839 bits per heavy atom. The largest absolute Gasteiger partial charge is 0.487 e. The standard InChI is InChI=1S/C100H154N2O14S2/c1-18-101(59-20-19-21-64-109-93(107)68-83-38-42-85(43-39-83)111-89(103)46-48-91(105)113-95-76(10)78(12)97-87(80(95)14)50-57-99(16,115-97)55-26-36-74(8)34-24-32-72(6)30-22-28-70(2)3)62-66-117-118-67-63-102-60-52-82(53-61-102)54-65-110-94(108)69-84-40-44-86(45-41-84)112-90(104)47-49-92(106)114-96-77(11)79(13)98-88(81(96)15)51-58-100(17,116-98)56-27-37-75(9)35-25-33-73(7)31-23-29-71(4)5/h38-45,70-75,82H,18-37,46-69H2,1-17H3. The monoisotopic (exact) mass is 1670 g/mol. The lowest BCUT2D eigenvalue weighted by Gasteiger charge is -2.38. The zero-order chi connectivity index (χ0) is 85.7. The quantitative estimate of drug-likeness (QED) is 0.0176. The molecule has 0 aromatic heterocycles. The van der Waals surface area contributed by atoms with E-state index in [1.807, 2.05) is 63.1 Å². The molecule has 0 bridgehead atoms. The van der Waals surface area contributed by atoms with Gasteiger partial charge in [-0.25, -0.2) is 0 Å². The summed E-state index contributed by atoms with van der Waals surface area (Å²) in [5.74, 6) is 8.34. The molecule has 7 rings (SSSR count). The van der Waals surface area contributed by atoms with E-state index in [1.54, 1.807) is 48.5 Å². The van der Waals surface area contributed by atoms with Crippen LogP contribution in [0.5, 0.6) is 34.5 Å². The van der Waals surface area contributed by atoms with Crippen molar-refractivity contribution in [3.8, 4) is 34.5 Å². The van der Waals surface area contributed by atoms with Crippen LogP contribution >= 0.6 is 21.6 Å². The third-order valence-corrected chi connectivity index (χ3v) is 27.9. The van der Waals surface area contributed by atoms with Crippen LogP contribution in [0.3, 0.4) is 0 Å². The van der Waals surface area contributed by atoms with Crippen LogP contribution in [0, 0.1) is 83.0 Å². The predicted octanol–water partition coefficient (Wildman–Crippen LogP) is 24.0. The molecule has 118 heavy (non-hydrogen) atoms. The second-order valence-electron chi connectivity index (χ2n) is 37.0. The number of rotatable bonds is 55. The van der Waals surface area contributed by atoms with Gasteiger partial charge in [-0.05, 0) is 282 Å². The number of piperidine rings is 1. The summed E-state index contributed by atoms with van der Waals surface area (Å²) in [6, 6.07) is 13.7. The average molecular weight is 1670 g/mol. The fourth-order valence-corrected chi connectivity index (χ4v) is 19.3. The van der Waals surface area contributed by atoms with E-state index < -0.39 is 23.9 Å². The summed E-state index contributed by atoms with van der Waals surface area (Å²) < 4.78 is 48.0. The molecular weight excluding hydrogens is 1520 g/mol. The molecular formula is C100H154N2O14S2. The Balaban J connectivity index is 0.655. The van der Waals surface area contributed by atoms with Crippen molar-refractivity contribution in [1.29, 1.82) is 0 Å². The molecule has 0 spiro atoms. The van der Waals surface area contributed by atoms with E-state index in [0.717, 1.165) is 231 Å². The number of hydrogen-bond donors (Lipinski definition) is 0. The zero-order valence-corrected chi connectivity index (χ0v) is 77.8. The van der Waals surface area contributed by atoms with Gasteiger partial charge in [-0.15, -0.1) is 0 Å². The van der Waals surface area contributed by atoms with Crippen LogP contribution in [-0.4, -0.2) is 121 Å². The topological polar surface area (TPSA) is 183 Å². The first-order valence-electron chi connectivity index (χ1n) is 46.0. The summed E-state index contributed by atoms with van der Waals surface area (Å²) in [7, 11) is 3.89. The summed E-state index contributed by atoms with van der Waals surface area (Å²) >= 11 is 0. The highest BCUT2D eigenvalue weighted by atomic mass is 33.1. The van der Waals surface area contributed by atoms with E-state index in [4.69, 9.17) is 37.9 Å². The summed E-state index contributed by atoms with van der Waals surface area (Å²) in [4.78, 5) is 82.9. The Kier molecular flexibility index (Phi) is 43.4. The number of nitrogens with zero attached hydrogens (tertiary/aromatic N) is 2. The average Bonchev–Trinajstić information content (AvgIpc) is 0.763. The molecule has 6 unspecified atom stereocenters. The van der Waals surface area contributed by atoms with Crippen molar-refractivity contribution in [2.75, 3.05) is 64.0 Å². The normalized spacial score (nSPS) is 17.3. The Bertz CT molecular complexity index is 3730. The maximum absolute atomic E-state index is 13.2. The molecule has 0 aliphatic carbocycles. The number of carbonyl (C=O) groups excluding carboxylic acids is 6. The minimum absolute atomic E-state index is 0.119. The van der Waals surface area contributed by atoms with Crippen LogP contribution in [0.2, 0.25) is 0 Å². The maximum Gasteiger partial charge on any atom is 0.311 e. The Labute approximate surface area is 720 Å². The van der Waals surface area contributed by atoms with Gasteiger partial charge in [0.15, 0.2) is 0 Å². The maximum atomic E-state index is 13.2. The number of esters is 6. The number of benzene rings is 4. The summed E-state index contributed by atoms with van der Waals surface area (Å²) in [6.45, 7) is 44.7. The first-order chi connectivity index (χ1) is 56.4. The Hall–Kier alpha value is -6.08. The molecule has 4 aromatic rings.